The molecule has 0 unspecified atom stereocenters. The van der Waals surface area contributed by atoms with E-state index in [0.717, 1.165) is 5.69 Å². The fourth-order valence-electron chi connectivity index (χ4n) is 2.69. The Morgan fingerprint density at radius 2 is 1.24 bits per heavy atom. The summed E-state index contributed by atoms with van der Waals surface area (Å²) in [6, 6.07) is 30.5. The lowest BCUT2D eigenvalue weighted by molar-refractivity contribution is -0.115. The molecule has 0 N–H and O–H groups in total. The van der Waals surface area contributed by atoms with Crippen molar-refractivity contribution in [3.63, 3.8) is 0 Å². The summed E-state index contributed by atoms with van der Waals surface area (Å²) >= 11 is 1.67. The van der Waals surface area contributed by atoms with Crippen molar-refractivity contribution in [3.8, 4) is 0 Å². The highest BCUT2D eigenvalue weighted by molar-refractivity contribution is 8.00. The van der Waals surface area contributed by atoms with Gasteiger partial charge in [-0.1, -0.05) is 78.9 Å². The van der Waals surface area contributed by atoms with E-state index in [-0.39, 0.29) is 11.2 Å². The first kappa shape index (κ1) is 17.3. The Kier molecular flexibility index (Phi) is 5.91. The summed E-state index contributed by atoms with van der Waals surface area (Å²) in [6.07, 6.45) is 0. The molecule has 3 rings (SSSR count). The van der Waals surface area contributed by atoms with Gasteiger partial charge in [0.1, 0.15) is 0 Å². The van der Waals surface area contributed by atoms with Gasteiger partial charge in [-0.25, -0.2) is 0 Å². The number of thioether (sulfide) groups is 1. The molecule has 0 spiro atoms. The lowest BCUT2D eigenvalue weighted by atomic mass is 10.0. The van der Waals surface area contributed by atoms with E-state index in [9.17, 15) is 4.79 Å². The zero-order valence-electron chi connectivity index (χ0n) is 14.2. The first-order valence-corrected chi connectivity index (χ1v) is 9.33. The monoisotopic (exact) mass is 347 g/mol. The summed E-state index contributed by atoms with van der Waals surface area (Å²) in [7, 11) is 1.83. The molecule has 3 aromatic rings. The fourth-order valence-corrected chi connectivity index (χ4v) is 3.89. The number of hydrogen-bond donors (Lipinski definition) is 0. The molecular formula is C22H21NOS. The smallest absolute Gasteiger partial charge is 0.236 e. The van der Waals surface area contributed by atoms with E-state index < -0.39 is 0 Å². The molecule has 2 nitrogen and oxygen atoms in total. The molecule has 0 aliphatic heterocycles. The first-order valence-electron chi connectivity index (χ1n) is 8.29. The molecule has 1 amide bonds. The van der Waals surface area contributed by atoms with Crippen LogP contribution in [0, 0.1) is 0 Å². The lowest BCUT2D eigenvalue weighted by Crippen LogP contribution is -2.28. The quantitative estimate of drug-likeness (QED) is 0.613. The Morgan fingerprint density at radius 3 is 1.72 bits per heavy atom. The maximum absolute atomic E-state index is 12.6. The van der Waals surface area contributed by atoms with Gasteiger partial charge in [0.25, 0.3) is 0 Å². The van der Waals surface area contributed by atoms with Crippen LogP contribution in [0.4, 0.5) is 5.69 Å². The number of benzene rings is 3. The minimum absolute atomic E-state index is 0.105. The maximum Gasteiger partial charge on any atom is 0.236 e. The van der Waals surface area contributed by atoms with Crippen LogP contribution in [0.5, 0.6) is 0 Å². The normalized spacial score (nSPS) is 10.6. The van der Waals surface area contributed by atoms with Crippen molar-refractivity contribution in [2.45, 2.75) is 5.25 Å². The van der Waals surface area contributed by atoms with Crippen LogP contribution in [0.25, 0.3) is 0 Å². The SMILES string of the molecule is CN(C(=O)CSC(c1ccccc1)c1ccccc1)c1ccccc1. The van der Waals surface area contributed by atoms with Gasteiger partial charge < -0.3 is 4.90 Å². The van der Waals surface area contributed by atoms with Crippen LogP contribution < -0.4 is 4.90 Å². The number of amides is 1. The van der Waals surface area contributed by atoms with Crippen molar-refractivity contribution >= 4 is 23.4 Å². The number of carbonyl (C=O) groups excluding carboxylic acids is 1. The van der Waals surface area contributed by atoms with Gasteiger partial charge in [0.05, 0.1) is 11.0 Å². The highest BCUT2D eigenvalue weighted by atomic mass is 32.2. The van der Waals surface area contributed by atoms with Crippen molar-refractivity contribution in [1.29, 1.82) is 0 Å². The highest BCUT2D eigenvalue weighted by Crippen LogP contribution is 2.35. The van der Waals surface area contributed by atoms with Gasteiger partial charge in [-0.3, -0.25) is 4.79 Å². The van der Waals surface area contributed by atoms with Crippen LogP contribution in [0.1, 0.15) is 16.4 Å². The zero-order valence-corrected chi connectivity index (χ0v) is 15.0. The third kappa shape index (κ3) is 4.52. The van der Waals surface area contributed by atoms with Gasteiger partial charge in [0.2, 0.25) is 5.91 Å². The predicted molar refractivity (Wildman–Crippen MR) is 107 cm³/mol. The molecule has 3 aromatic carbocycles. The van der Waals surface area contributed by atoms with Crippen LogP contribution in [0.15, 0.2) is 91.0 Å². The summed E-state index contributed by atoms with van der Waals surface area (Å²) in [5.74, 6) is 0.535. The molecule has 0 aliphatic carbocycles. The average Bonchev–Trinajstić information content (AvgIpc) is 2.70. The molecule has 0 radical (unpaired) electrons. The minimum Gasteiger partial charge on any atom is -0.315 e. The largest absolute Gasteiger partial charge is 0.315 e. The summed E-state index contributed by atoms with van der Waals surface area (Å²) in [6.45, 7) is 0. The number of carbonyl (C=O) groups is 1. The molecule has 126 valence electrons. The predicted octanol–water partition coefficient (Wildman–Crippen LogP) is 5.17. The number of para-hydroxylation sites is 1. The second-order valence-electron chi connectivity index (χ2n) is 5.80. The van der Waals surface area contributed by atoms with Gasteiger partial charge in [0.15, 0.2) is 0 Å². The zero-order chi connectivity index (χ0) is 17.5. The highest BCUT2D eigenvalue weighted by Gasteiger charge is 2.18. The number of hydrogen-bond acceptors (Lipinski definition) is 2. The van der Waals surface area contributed by atoms with E-state index in [1.165, 1.54) is 11.1 Å². The minimum atomic E-state index is 0.105. The lowest BCUT2D eigenvalue weighted by Gasteiger charge is -2.21. The van der Waals surface area contributed by atoms with Crippen LogP contribution in [-0.4, -0.2) is 18.7 Å². The maximum atomic E-state index is 12.6. The number of anilines is 1. The molecule has 3 heteroatoms. The third-order valence-electron chi connectivity index (χ3n) is 4.10. The van der Waals surface area contributed by atoms with E-state index in [1.807, 2.05) is 73.8 Å². The average molecular weight is 347 g/mol. The molecule has 0 atom stereocenters. The van der Waals surface area contributed by atoms with Crippen molar-refractivity contribution in [3.05, 3.63) is 102 Å². The van der Waals surface area contributed by atoms with Crippen molar-refractivity contribution < 1.29 is 4.79 Å². The molecule has 0 aromatic heterocycles. The number of rotatable bonds is 6. The molecule has 0 saturated heterocycles. The Bertz CT molecular complexity index is 751. The van der Waals surface area contributed by atoms with Gasteiger partial charge in [0, 0.05) is 12.7 Å². The molecule has 0 saturated carbocycles. The molecule has 0 heterocycles. The van der Waals surface area contributed by atoms with Crippen LogP contribution in [-0.2, 0) is 4.79 Å². The molecule has 0 aliphatic rings. The first-order chi connectivity index (χ1) is 12.3. The van der Waals surface area contributed by atoms with Gasteiger partial charge >= 0.3 is 0 Å². The topological polar surface area (TPSA) is 20.3 Å². The Morgan fingerprint density at radius 1 is 0.800 bits per heavy atom. The molecule has 0 bridgehead atoms. The standard InChI is InChI=1S/C22H21NOS/c1-23(20-15-9-4-10-16-20)21(24)17-25-22(18-11-5-2-6-12-18)19-13-7-3-8-14-19/h2-16,22H,17H2,1H3. The van der Waals surface area contributed by atoms with Crippen LogP contribution in [0.3, 0.4) is 0 Å². The van der Waals surface area contributed by atoms with E-state index >= 15 is 0 Å². The van der Waals surface area contributed by atoms with Crippen LogP contribution >= 0.6 is 11.8 Å². The second kappa shape index (κ2) is 8.54. The summed E-state index contributed by atoms with van der Waals surface area (Å²) in [5, 5.41) is 0.149. The fraction of sp³-hybridized carbons (Fsp3) is 0.136. The Hall–Kier alpha value is -2.52. The van der Waals surface area contributed by atoms with E-state index in [4.69, 9.17) is 0 Å². The van der Waals surface area contributed by atoms with Gasteiger partial charge in [-0.15, -0.1) is 11.8 Å². The van der Waals surface area contributed by atoms with Crippen LogP contribution in [0.2, 0.25) is 0 Å². The Labute approximate surface area is 153 Å². The molecule has 0 fully saturated rings. The van der Waals surface area contributed by atoms with Gasteiger partial charge in [-0.2, -0.15) is 0 Å². The van der Waals surface area contributed by atoms with Crippen molar-refractivity contribution in [1.82, 2.24) is 0 Å². The van der Waals surface area contributed by atoms with E-state index in [1.54, 1.807) is 16.7 Å². The summed E-state index contributed by atoms with van der Waals surface area (Å²) in [5.41, 5.74) is 3.35. The van der Waals surface area contributed by atoms with E-state index in [2.05, 4.69) is 24.3 Å². The van der Waals surface area contributed by atoms with Gasteiger partial charge in [-0.05, 0) is 23.3 Å². The third-order valence-corrected chi connectivity index (χ3v) is 5.39. The summed E-state index contributed by atoms with van der Waals surface area (Å²) in [4.78, 5) is 14.3. The van der Waals surface area contributed by atoms with Crippen molar-refractivity contribution in [2.24, 2.45) is 0 Å². The second-order valence-corrected chi connectivity index (χ2v) is 6.89. The van der Waals surface area contributed by atoms with Crippen molar-refractivity contribution in [2.75, 3.05) is 17.7 Å². The number of nitrogens with zero attached hydrogens (tertiary/aromatic N) is 1. The Balaban J connectivity index is 1.74. The molecular weight excluding hydrogens is 326 g/mol. The molecule has 25 heavy (non-hydrogen) atoms. The van der Waals surface area contributed by atoms with E-state index in [0.29, 0.717) is 5.75 Å². The summed E-state index contributed by atoms with van der Waals surface area (Å²) < 4.78 is 0.